The highest BCUT2D eigenvalue weighted by Gasteiger charge is 2.38. The van der Waals surface area contributed by atoms with Gasteiger partial charge in [-0.25, -0.2) is 0 Å². The lowest BCUT2D eigenvalue weighted by molar-refractivity contribution is 0.297. The van der Waals surface area contributed by atoms with Gasteiger partial charge in [0, 0.05) is 24.7 Å². The highest BCUT2D eigenvalue weighted by atomic mass is 15.3. The fraction of sp³-hybridized carbons (Fsp3) is 0.769. The summed E-state index contributed by atoms with van der Waals surface area (Å²) < 4.78 is 2.17. The molecule has 2 bridgehead atoms. The van der Waals surface area contributed by atoms with E-state index in [0.717, 1.165) is 12.0 Å². The van der Waals surface area contributed by atoms with Gasteiger partial charge in [-0.3, -0.25) is 4.68 Å². The van der Waals surface area contributed by atoms with Gasteiger partial charge in [0.05, 0.1) is 11.7 Å². The summed E-state index contributed by atoms with van der Waals surface area (Å²) in [6.45, 7) is 0. The van der Waals surface area contributed by atoms with Gasteiger partial charge in [-0.1, -0.05) is 0 Å². The molecule has 1 saturated carbocycles. The standard InChI is InChI=1S/C13H19N3/c1-16-13(8-5-6-8)10-7-9-3-2-4-11(14-9)12(10)15-16/h8-9,11,14H,2-7H2,1H3/t9-,11+/m0/s1. The summed E-state index contributed by atoms with van der Waals surface area (Å²) in [5.74, 6) is 0.833. The Hall–Kier alpha value is -0.830. The van der Waals surface area contributed by atoms with Crippen molar-refractivity contribution in [3.05, 3.63) is 17.0 Å². The van der Waals surface area contributed by atoms with Crippen molar-refractivity contribution in [3.8, 4) is 0 Å². The molecule has 3 nitrogen and oxygen atoms in total. The van der Waals surface area contributed by atoms with Gasteiger partial charge in [0.25, 0.3) is 0 Å². The van der Waals surface area contributed by atoms with Crippen LogP contribution in [-0.4, -0.2) is 15.8 Å². The lowest BCUT2D eigenvalue weighted by Gasteiger charge is -2.35. The largest absolute Gasteiger partial charge is 0.305 e. The molecule has 0 amide bonds. The highest BCUT2D eigenvalue weighted by molar-refractivity contribution is 5.37. The lowest BCUT2D eigenvalue weighted by atomic mass is 9.84. The third-order valence-corrected chi connectivity index (χ3v) is 4.45. The minimum Gasteiger partial charge on any atom is -0.305 e. The van der Waals surface area contributed by atoms with Crippen LogP contribution in [0, 0.1) is 0 Å². The molecule has 0 spiro atoms. The van der Waals surface area contributed by atoms with Crippen LogP contribution in [0.4, 0.5) is 0 Å². The Morgan fingerprint density at radius 1 is 1.25 bits per heavy atom. The van der Waals surface area contributed by atoms with E-state index in [4.69, 9.17) is 5.10 Å². The molecule has 3 heterocycles. The molecule has 4 rings (SSSR count). The first-order valence-corrected chi connectivity index (χ1v) is 6.64. The quantitative estimate of drug-likeness (QED) is 0.780. The van der Waals surface area contributed by atoms with Gasteiger partial charge in [-0.2, -0.15) is 5.10 Å². The molecule has 0 aromatic carbocycles. The summed E-state index contributed by atoms with van der Waals surface area (Å²) in [6, 6.07) is 1.29. The zero-order chi connectivity index (χ0) is 10.7. The summed E-state index contributed by atoms with van der Waals surface area (Å²) in [7, 11) is 2.13. The molecule has 3 heteroatoms. The first kappa shape index (κ1) is 9.23. The second-order valence-electron chi connectivity index (χ2n) is 5.70. The van der Waals surface area contributed by atoms with Crippen LogP contribution in [-0.2, 0) is 13.5 Å². The van der Waals surface area contributed by atoms with E-state index in [0.29, 0.717) is 6.04 Å². The Morgan fingerprint density at radius 3 is 2.94 bits per heavy atom. The van der Waals surface area contributed by atoms with Crippen molar-refractivity contribution in [3.63, 3.8) is 0 Å². The first-order chi connectivity index (χ1) is 7.83. The lowest BCUT2D eigenvalue weighted by Crippen LogP contribution is -2.42. The Labute approximate surface area is 96.2 Å². The van der Waals surface area contributed by atoms with Crippen LogP contribution < -0.4 is 5.32 Å². The SMILES string of the molecule is Cn1nc2c(c1C1CC1)C[C@@H]1CCC[C@H]2N1. The molecule has 2 aliphatic heterocycles. The molecule has 86 valence electrons. The van der Waals surface area contributed by atoms with Gasteiger partial charge in [-0.15, -0.1) is 0 Å². The van der Waals surface area contributed by atoms with Crippen LogP contribution in [0.1, 0.15) is 61.0 Å². The molecule has 1 aromatic heterocycles. The summed E-state index contributed by atoms with van der Waals surface area (Å²) in [5, 5.41) is 8.52. The average molecular weight is 217 g/mol. The normalized spacial score (nSPS) is 32.6. The number of rotatable bonds is 1. The minimum atomic E-state index is 0.557. The fourth-order valence-corrected chi connectivity index (χ4v) is 3.60. The van der Waals surface area contributed by atoms with Crippen molar-refractivity contribution in [2.75, 3.05) is 0 Å². The summed E-state index contributed by atoms with van der Waals surface area (Å²) >= 11 is 0. The maximum Gasteiger partial charge on any atom is 0.0829 e. The maximum atomic E-state index is 4.79. The molecule has 0 unspecified atom stereocenters. The number of nitrogens with one attached hydrogen (secondary N) is 1. The van der Waals surface area contributed by atoms with E-state index in [1.165, 1.54) is 44.2 Å². The Balaban J connectivity index is 1.84. The molecule has 0 radical (unpaired) electrons. The number of hydrogen-bond acceptors (Lipinski definition) is 2. The zero-order valence-electron chi connectivity index (χ0n) is 9.87. The van der Waals surface area contributed by atoms with Crippen molar-refractivity contribution in [2.45, 2.75) is 56.5 Å². The molecule has 3 aliphatic rings. The van der Waals surface area contributed by atoms with Gasteiger partial charge in [0.2, 0.25) is 0 Å². The smallest absolute Gasteiger partial charge is 0.0829 e. The maximum absolute atomic E-state index is 4.79. The second kappa shape index (κ2) is 3.10. The Bertz CT molecular complexity index is 431. The van der Waals surface area contributed by atoms with Gasteiger partial charge in [0.1, 0.15) is 0 Å². The topological polar surface area (TPSA) is 29.9 Å². The van der Waals surface area contributed by atoms with E-state index >= 15 is 0 Å². The van der Waals surface area contributed by atoms with Crippen molar-refractivity contribution >= 4 is 0 Å². The average Bonchev–Trinajstić information content (AvgIpc) is 3.04. The van der Waals surface area contributed by atoms with Crippen LogP contribution in [0.15, 0.2) is 0 Å². The van der Waals surface area contributed by atoms with E-state index in [-0.39, 0.29) is 0 Å². The predicted octanol–water partition coefficient (Wildman–Crippen LogP) is 2.04. The molecular formula is C13H19N3. The van der Waals surface area contributed by atoms with Crippen LogP contribution in [0.2, 0.25) is 0 Å². The van der Waals surface area contributed by atoms with Gasteiger partial charge in [0.15, 0.2) is 0 Å². The van der Waals surface area contributed by atoms with Crippen molar-refractivity contribution < 1.29 is 0 Å². The van der Waals surface area contributed by atoms with Crippen LogP contribution in [0.5, 0.6) is 0 Å². The van der Waals surface area contributed by atoms with E-state index < -0.39 is 0 Å². The van der Waals surface area contributed by atoms with E-state index in [9.17, 15) is 0 Å². The molecule has 2 atom stereocenters. The number of piperidine rings is 1. The van der Waals surface area contributed by atoms with Crippen molar-refractivity contribution in [2.24, 2.45) is 7.05 Å². The number of aromatic nitrogens is 2. The van der Waals surface area contributed by atoms with Crippen LogP contribution >= 0.6 is 0 Å². The van der Waals surface area contributed by atoms with Gasteiger partial charge < -0.3 is 5.32 Å². The third kappa shape index (κ3) is 1.21. The summed E-state index contributed by atoms with van der Waals surface area (Å²) in [6.07, 6.45) is 8.01. The summed E-state index contributed by atoms with van der Waals surface area (Å²) in [5.41, 5.74) is 4.55. The number of nitrogens with zero attached hydrogens (tertiary/aromatic N) is 2. The van der Waals surface area contributed by atoms with E-state index in [1.807, 2.05) is 0 Å². The minimum absolute atomic E-state index is 0.557. The van der Waals surface area contributed by atoms with Gasteiger partial charge >= 0.3 is 0 Å². The Kier molecular flexibility index (Phi) is 1.79. The predicted molar refractivity (Wildman–Crippen MR) is 62.4 cm³/mol. The number of fused-ring (bicyclic) bond motifs is 4. The molecule has 1 aliphatic carbocycles. The van der Waals surface area contributed by atoms with Crippen LogP contribution in [0.25, 0.3) is 0 Å². The monoisotopic (exact) mass is 217 g/mol. The first-order valence-electron chi connectivity index (χ1n) is 6.64. The van der Waals surface area contributed by atoms with Gasteiger partial charge in [-0.05, 0) is 44.1 Å². The van der Waals surface area contributed by atoms with Crippen molar-refractivity contribution in [1.29, 1.82) is 0 Å². The van der Waals surface area contributed by atoms with E-state index in [1.54, 1.807) is 11.3 Å². The Morgan fingerprint density at radius 2 is 2.12 bits per heavy atom. The number of aryl methyl sites for hydroxylation is 1. The highest BCUT2D eigenvalue weighted by Crippen LogP contribution is 2.45. The fourth-order valence-electron chi connectivity index (χ4n) is 3.60. The molecule has 2 fully saturated rings. The second-order valence-corrected chi connectivity index (χ2v) is 5.70. The van der Waals surface area contributed by atoms with E-state index in [2.05, 4.69) is 17.0 Å². The summed E-state index contributed by atoms with van der Waals surface area (Å²) in [4.78, 5) is 0. The molecule has 16 heavy (non-hydrogen) atoms. The third-order valence-electron chi connectivity index (χ3n) is 4.45. The van der Waals surface area contributed by atoms with Crippen molar-refractivity contribution in [1.82, 2.24) is 15.1 Å². The van der Waals surface area contributed by atoms with Crippen LogP contribution in [0.3, 0.4) is 0 Å². The molecular weight excluding hydrogens is 198 g/mol. The molecule has 1 aromatic rings. The molecule has 1 saturated heterocycles. The number of hydrogen-bond donors (Lipinski definition) is 1. The molecule has 1 N–H and O–H groups in total. The zero-order valence-corrected chi connectivity index (χ0v) is 9.87.